The summed E-state index contributed by atoms with van der Waals surface area (Å²) in [6.07, 6.45) is -0.174. The molecule has 0 radical (unpaired) electrons. The summed E-state index contributed by atoms with van der Waals surface area (Å²) in [6, 6.07) is 15.0. The molecule has 0 saturated carbocycles. The van der Waals surface area contributed by atoms with E-state index in [2.05, 4.69) is 5.32 Å². The number of fused-ring (bicyclic) bond motifs is 1. The normalized spacial score (nSPS) is 15.1. The summed E-state index contributed by atoms with van der Waals surface area (Å²) in [7, 11) is 1.63. The van der Waals surface area contributed by atoms with Gasteiger partial charge in [-0.05, 0) is 36.4 Å². The van der Waals surface area contributed by atoms with Crippen LogP contribution in [0, 0.1) is 0 Å². The van der Waals surface area contributed by atoms with Gasteiger partial charge in [0.2, 0.25) is 5.91 Å². The molecule has 2 aromatic rings. The third kappa shape index (κ3) is 5.99. The molecule has 1 unspecified atom stereocenters. The Morgan fingerprint density at radius 2 is 1.89 bits per heavy atom. The Labute approximate surface area is 163 Å². The highest BCUT2D eigenvalue weighted by Crippen LogP contribution is 2.30. The van der Waals surface area contributed by atoms with Crippen LogP contribution in [-0.2, 0) is 4.79 Å². The molecule has 6 nitrogen and oxygen atoms in total. The van der Waals surface area contributed by atoms with Gasteiger partial charge in [-0.1, -0.05) is 12.1 Å². The monoisotopic (exact) mass is 389 g/mol. The van der Waals surface area contributed by atoms with Gasteiger partial charge >= 0.3 is 0 Å². The second-order valence-electron chi connectivity index (χ2n) is 5.88. The van der Waals surface area contributed by atoms with Crippen LogP contribution in [0.5, 0.6) is 23.0 Å². The number of carbonyl (C=O) groups excluding carboxylic acids is 1. The van der Waals surface area contributed by atoms with Crippen LogP contribution in [0.3, 0.4) is 0 Å². The van der Waals surface area contributed by atoms with Crippen molar-refractivity contribution in [2.24, 2.45) is 0 Å². The van der Waals surface area contributed by atoms with Gasteiger partial charge in [-0.25, -0.2) is 0 Å². The van der Waals surface area contributed by atoms with Gasteiger partial charge in [-0.3, -0.25) is 4.79 Å². The molecule has 1 aliphatic rings. The summed E-state index contributed by atoms with van der Waals surface area (Å²) in [4.78, 5) is 12.0. The van der Waals surface area contributed by atoms with Crippen molar-refractivity contribution in [3.8, 4) is 23.0 Å². The van der Waals surface area contributed by atoms with Gasteiger partial charge in [0.1, 0.15) is 24.2 Å². The zero-order valence-corrected chi connectivity index (χ0v) is 16.0. The third-order valence-corrected chi connectivity index (χ3v) is 4.81. The first-order valence-corrected chi connectivity index (χ1v) is 9.90. The Morgan fingerprint density at radius 3 is 2.67 bits per heavy atom. The molecule has 7 heteroatoms. The molecular weight excluding hydrogens is 366 g/mol. The predicted octanol–water partition coefficient (Wildman–Crippen LogP) is 2.76. The minimum absolute atomic E-state index is 0.0214. The molecule has 0 spiro atoms. The van der Waals surface area contributed by atoms with Gasteiger partial charge in [-0.15, -0.1) is 11.8 Å². The quantitative estimate of drug-likeness (QED) is 0.666. The van der Waals surface area contributed by atoms with Gasteiger partial charge in [-0.2, -0.15) is 0 Å². The second-order valence-corrected chi connectivity index (χ2v) is 6.98. The van der Waals surface area contributed by atoms with E-state index in [0.717, 1.165) is 23.0 Å². The van der Waals surface area contributed by atoms with Gasteiger partial charge in [0.25, 0.3) is 0 Å². The van der Waals surface area contributed by atoms with Gasteiger partial charge in [0.05, 0.1) is 26.0 Å². The molecule has 2 aromatic carbocycles. The van der Waals surface area contributed by atoms with Crippen LogP contribution < -0.4 is 24.3 Å². The van der Waals surface area contributed by atoms with E-state index in [9.17, 15) is 4.79 Å². The highest BCUT2D eigenvalue weighted by atomic mass is 32.2. The smallest absolute Gasteiger partial charge is 0.230 e. The standard InChI is InChI=1S/C20H23NO5S/c1-23-15-6-8-16(9-7-15)24-10-11-27-14-20(22)21-12-17-13-25-18-4-2-3-5-19(18)26-17/h2-9,17H,10-14H2,1H3,(H,21,22). The van der Waals surface area contributed by atoms with Gasteiger partial charge < -0.3 is 24.3 Å². The van der Waals surface area contributed by atoms with Crippen molar-refractivity contribution in [2.45, 2.75) is 6.10 Å². The zero-order valence-electron chi connectivity index (χ0n) is 15.2. The molecule has 1 amide bonds. The lowest BCUT2D eigenvalue weighted by Gasteiger charge is -2.26. The van der Waals surface area contributed by atoms with E-state index in [-0.39, 0.29) is 12.0 Å². The molecule has 144 valence electrons. The number of carbonyl (C=O) groups is 1. The predicted molar refractivity (Wildman–Crippen MR) is 105 cm³/mol. The Balaban J connectivity index is 1.27. The largest absolute Gasteiger partial charge is 0.497 e. The SMILES string of the molecule is COc1ccc(OCCSCC(=O)NCC2COc3ccccc3O2)cc1. The first kappa shape index (κ1) is 19.2. The third-order valence-electron chi connectivity index (χ3n) is 3.88. The maximum Gasteiger partial charge on any atom is 0.230 e. The fourth-order valence-corrected chi connectivity index (χ4v) is 3.13. The average molecular weight is 389 g/mol. The molecule has 0 fully saturated rings. The summed E-state index contributed by atoms with van der Waals surface area (Å²) in [6.45, 7) is 1.40. The Bertz CT molecular complexity index is 737. The number of thioether (sulfide) groups is 1. The van der Waals surface area contributed by atoms with Crippen molar-refractivity contribution < 1.29 is 23.7 Å². The van der Waals surface area contributed by atoms with Crippen LogP contribution in [0.1, 0.15) is 0 Å². The van der Waals surface area contributed by atoms with E-state index in [1.54, 1.807) is 7.11 Å². The van der Waals surface area contributed by atoms with Crippen molar-refractivity contribution >= 4 is 17.7 Å². The Hall–Kier alpha value is -2.54. The first-order valence-electron chi connectivity index (χ1n) is 8.74. The Kier molecular flexibility index (Phi) is 7.10. The fourth-order valence-electron chi connectivity index (χ4n) is 2.50. The minimum Gasteiger partial charge on any atom is -0.497 e. The number of para-hydroxylation sites is 2. The maximum atomic E-state index is 12.0. The van der Waals surface area contributed by atoms with Crippen molar-refractivity contribution in [3.63, 3.8) is 0 Å². The minimum atomic E-state index is -0.174. The van der Waals surface area contributed by atoms with Crippen molar-refractivity contribution in [1.82, 2.24) is 5.32 Å². The molecule has 0 bridgehead atoms. The lowest BCUT2D eigenvalue weighted by molar-refractivity contribution is -0.119. The maximum absolute atomic E-state index is 12.0. The van der Waals surface area contributed by atoms with Crippen LogP contribution in [0.4, 0.5) is 0 Å². The van der Waals surface area contributed by atoms with E-state index in [1.165, 1.54) is 11.8 Å². The van der Waals surface area contributed by atoms with Crippen LogP contribution in [-0.4, -0.2) is 50.4 Å². The number of amides is 1. The molecule has 3 rings (SSSR count). The highest BCUT2D eigenvalue weighted by molar-refractivity contribution is 7.99. The van der Waals surface area contributed by atoms with Crippen molar-refractivity contribution in [2.75, 3.05) is 38.4 Å². The van der Waals surface area contributed by atoms with E-state index < -0.39 is 0 Å². The first-order chi connectivity index (χ1) is 13.2. The molecular formula is C20H23NO5S. The molecule has 1 atom stereocenters. The molecule has 1 heterocycles. The van der Waals surface area contributed by atoms with Crippen LogP contribution in [0.2, 0.25) is 0 Å². The van der Waals surface area contributed by atoms with Gasteiger partial charge in [0.15, 0.2) is 11.5 Å². The molecule has 1 aliphatic heterocycles. The second kappa shape index (κ2) is 9.97. The molecule has 27 heavy (non-hydrogen) atoms. The average Bonchev–Trinajstić information content (AvgIpc) is 2.72. The Morgan fingerprint density at radius 1 is 1.15 bits per heavy atom. The molecule has 0 aromatic heterocycles. The number of rotatable bonds is 9. The highest BCUT2D eigenvalue weighted by Gasteiger charge is 2.20. The van der Waals surface area contributed by atoms with Gasteiger partial charge in [0, 0.05) is 5.75 Å². The van der Waals surface area contributed by atoms with Crippen LogP contribution in [0.25, 0.3) is 0 Å². The number of nitrogens with one attached hydrogen (secondary N) is 1. The topological polar surface area (TPSA) is 66.0 Å². The number of ether oxygens (including phenoxy) is 4. The fraction of sp³-hybridized carbons (Fsp3) is 0.350. The lowest BCUT2D eigenvalue weighted by atomic mass is 10.2. The van der Waals surface area contributed by atoms with E-state index in [0.29, 0.717) is 31.3 Å². The number of benzene rings is 2. The number of methoxy groups -OCH3 is 1. The van der Waals surface area contributed by atoms with Crippen LogP contribution in [0.15, 0.2) is 48.5 Å². The summed E-state index contributed by atoms with van der Waals surface area (Å²) in [5.74, 6) is 4.14. The lowest BCUT2D eigenvalue weighted by Crippen LogP contribution is -2.41. The summed E-state index contributed by atoms with van der Waals surface area (Å²) in [5, 5.41) is 2.88. The summed E-state index contributed by atoms with van der Waals surface area (Å²) >= 11 is 1.53. The molecule has 0 saturated heterocycles. The summed E-state index contributed by atoms with van der Waals surface area (Å²) in [5.41, 5.74) is 0. The van der Waals surface area contributed by atoms with Crippen LogP contribution >= 0.6 is 11.8 Å². The van der Waals surface area contributed by atoms with E-state index in [1.807, 2.05) is 48.5 Å². The number of hydrogen-bond acceptors (Lipinski definition) is 6. The number of hydrogen-bond donors (Lipinski definition) is 1. The zero-order chi connectivity index (χ0) is 18.9. The summed E-state index contributed by atoms with van der Waals surface area (Å²) < 4.78 is 22.2. The molecule has 1 N–H and O–H groups in total. The molecule has 0 aliphatic carbocycles. The van der Waals surface area contributed by atoms with Crippen molar-refractivity contribution in [1.29, 1.82) is 0 Å². The van der Waals surface area contributed by atoms with E-state index in [4.69, 9.17) is 18.9 Å². The van der Waals surface area contributed by atoms with Crippen molar-refractivity contribution in [3.05, 3.63) is 48.5 Å². The van der Waals surface area contributed by atoms with E-state index >= 15 is 0 Å².